The molecule has 2 aromatic rings. The molecule has 0 saturated carbocycles. The van der Waals surface area contributed by atoms with Crippen LogP contribution in [0.2, 0.25) is 0 Å². The first-order valence-corrected chi connectivity index (χ1v) is 10.7. The lowest BCUT2D eigenvalue weighted by Gasteiger charge is -2.16. The number of carbonyl (C=O) groups excluding carboxylic acids is 2. The molecular weight excluding hydrogens is 368 g/mol. The molecule has 1 aliphatic rings. The zero-order valence-corrected chi connectivity index (χ0v) is 17.1. The van der Waals surface area contributed by atoms with Crippen LogP contribution in [0, 0.1) is 0 Å². The Morgan fingerprint density at radius 1 is 0.929 bits per heavy atom. The number of benzene rings is 2. The van der Waals surface area contributed by atoms with Gasteiger partial charge in [0.1, 0.15) is 0 Å². The molecule has 2 aromatic carbocycles. The fourth-order valence-electron chi connectivity index (χ4n) is 3.00. The van der Waals surface area contributed by atoms with Crippen molar-refractivity contribution in [2.75, 3.05) is 18.1 Å². The number of thioether (sulfide) groups is 1. The standard InChI is InChI=1S/C24H24O3S/c1-3-17-5-7-18(8-6-17)13-21-15-28-16-22(23(21)25)14-19-9-11-20(12-10-19)24(26)27-4-2/h5-14H,3-4,15-16H2,1-2H3/b21-13+,22-14+. The lowest BCUT2D eigenvalue weighted by molar-refractivity contribution is -0.112. The summed E-state index contributed by atoms with van der Waals surface area (Å²) in [6.07, 6.45) is 4.91. The number of hydrogen-bond acceptors (Lipinski definition) is 4. The Morgan fingerprint density at radius 2 is 1.46 bits per heavy atom. The number of aryl methyl sites for hydroxylation is 1. The summed E-state index contributed by atoms with van der Waals surface area (Å²) in [6.45, 7) is 4.27. The Kier molecular flexibility index (Phi) is 6.88. The highest BCUT2D eigenvalue weighted by molar-refractivity contribution is 7.99. The van der Waals surface area contributed by atoms with Gasteiger partial charge >= 0.3 is 5.97 Å². The van der Waals surface area contributed by atoms with E-state index in [0.29, 0.717) is 17.9 Å². The molecular formula is C24H24O3S. The second-order valence-corrected chi connectivity index (χ2v) is 7.58. The van der Waals surface area contributed by atoms with Gasteiger partial charge in [0.2, 0.25) is 0 Å². The van der Waals surface area contributed by atoms with Gasteiger partial charge in [0, 0.05) is 22.7 Å². The monoisotopic (exact) mass is 392 g/mol. The van der Waals surface area contributed by atoms with Gasteiger partial charge in [0.25, 0.3) is 0 Å². The topological polar surface area (TPSA) is 43.4 Å². The van der Waals surface area contributed by atoms with Crippen LogP contribution in [-0.2, 0) is 16.0 Å². The third kappa shape index (κ3) is 5.02. The van der Waals surface area contributed by atoms with Gasteiger partial charge < -0.3 is 4.74 Å². The zero-order chi connectivity index (χ0) is 19.9. The van der Waals surface area contributed by atoms with Crippen LogP contribution in [0.25, 0.3) is 12.2 Å². The molecule has 0 unspecified atom stereocenters. The van der Waals surface area contributed by atoms with Crippen LogP contribution >= 0.6 is 11.8 Å². The van der Waals surface area contributed by atoms with E-state index in [2.05, 4.69) is 31.2 Å². The van der Waals surface area contributed by atoms with Crippen molar-refractivity contribution in [1.82, 2.24) is 0 Å². The summed E-state index contributed by atoms with van der Waals surface area (Å²) in [4.78, 5) is 24.6. The Labute approximate surface area is 170 Å². The largest absolute Gasteiger partial charge is 0.462 e. The first kappa shape index (κ1) is 20.2. The average Bonchev–Trinajstić information content (AvgIpc) is 2.72. The van der Waals surface area contributed by atoms with Gasteiger partial charge in [-0.2, -0.15) is 11.8 Å². The second kappa shape index (κ2) is 9.56. The molecule has 0 radical (unpaired) electrons. The maximum atomic E-state index is 12.9. The normalized spacial score (nSPS) is 17.1. The lowest BCUT2D eigenvalue weighted by atomic mass is 9.99. The van der Waals surface area contributed by atoms with E-state index >= 15 is 0 Å². The third-order valence-electron chi connectivity index (χ3n) is 4.59. The minimum absolute atomic E-state index is 0.104. The molecule has 1 saturated heterocycles. The van der Waals surface area contributed by atoms with Crippen LogP contribution < -0.4 is 0 Å². The minimum atomic E-state index is -0.328. The predicted octanol–water partition coefficient (Wildman–Crippen LogP) is 5.21. The fraction of sp³-hybridized carbons (Fsp3) is 0.250. The SMILES string of the molecule is CCOC(=O)c1ccc(/C=C2\CSC/C(=C\c3ccc(CC)cc3)C2=O)cc1. The maximum Gasteiger partial charge on any atom is 0.338 e. The van der Waals surface area contributed by atoms with Crippen LogP contribution in [0.1, 0.15) is 40.9 Å². The summed E-state index contributed by atoms with van der Waals surface area (Å²) in [5.74, 6) is 1.20. The van der Waals surface area contributed by atoms with E-state index in [1.807, 2.05) is 24.3 Å². The number of rotatable bonds is 5. The molecule has 1 aliphatic heterocycles. The van der Waals surface area contributed by atoms with E-state index in [1.165, 1.54) is 5.56 Å². The zero-order valence-electron chi connectivity index (χ0n) is 16.2. The number of esters is 1. The first-order chi connectivity index (χ1) is 13.6. The van der Waals surface area contributed by atoms with Crippen LogP contribution in [0.15, 0.2) is 59.7 Å². The van der Waals surface area contributed by atoms with Gasteiger partial charge in [-0.1, -0.05) is 43.3 Å². The highest BCUT2D eigenvalue weighted by atomic mass is 32.2. The number of Topliss-reactive ketones (excluding diaryl/α,β-unsaturated/α-hetero) is 1. The van der Waals surface area contributed by atoms with Crippen molar-refractivity contribution < 1.29 is 14.3 Å². The summed E-state index contributed by atoms with van der Waals surface area (Å²) < 4.78 is 5.00. The predicted molar refractivity (Wildman–Crippen MR) is 117 cm³/mol. The number of ketones is 1. The van der Waals surface area contributed by atoms with Gasteiger partial charge in [-0.15, -0.1) is 0 Å². The Balaban J connectivity index is 1.77. The van der Waals surface area contributed by atoms with Crippen LogP contribution in [0.4, 0.5) is 0 Å². The van der Waals surface area contributed by atoms with E-state index < -0.39 is 0 Å². The Bertz CT molecular complexity index is 906. The number of hydrogen-bond donors (Lipinski definition) is 0. The Hall–Kier alpha value is -2.59. The molecule has 0 bridgehead atoms. The lowest BCUT2D eigenvalue weighted by Crippen LogP contribution is -2.16. The molecule has 144 valence electrons. The summed E-state index contributed by atoms with van der Waals surface area (Å²) in [5.41, 5.74) is 5.39. The van der Waals surface area contributed by atoms with Gasteiger partial charge in [-0.25, -0.2) is 4.79 Å². The third-order valence-corrected chi connectivity index (χ3v) is 5.62. The van der Waals surface area contributed by atoms with Crippen molar-refractivity contribution in [3.63, 3.8) is 0 Å². The van der Waals surface area contributed by atoms with Crippen molar-refractivity contribution >= 4 is 35.7 Å². The van der Waals surface area contributed by atoms with Gasteiger partial charge in [0.15, 0.2) is 5.78 Å². The molecule has 4 heteroatoms. The first-order valence-electron chi connectivity index (χ1n) is 9.50. The second-order valence-electron chi connectivity index (χ2n) is 6.60. The van der Waals surface area contributed by atoms with Gasteiger partial charge in [-0.05, 0) is 54.3 Å². The molecule has 0 spiro atoms. The van der Waals surface area contributed by atoms with E-state index in [-0.39, 0.29) is 11.8 Å². The van der Waals surface area contributed by atoms with Gasteiger partial charge in [-0.3, -0.25) is 4.79 Å². The highest BCUT2D eigenvalue weighted by Crippen LogP contribution is 2.27. The summed E-state index contributed by atoms with van der Waals surface area (Å²) >= 11 is 1.74. The molecule has 0 N–H and O–H groups in total. The van der Waals surface area contributed by atoms with Crippen molar-refractivity contribution in [2.45, 2.75) is 20.3 Å². The van der Waals surface area contributed by atoms with Crippen molar-refractivity contribution in [3.8, 4) is 0 Å². The Morgan fingerprint density at radius 3 is 1.96 bits per heavy atom. The van der Waals surface area contributed by atoms with E-state index in [1.54, 1.807) is 30.8 Å². The van der Waals surface area contributed by atoms with Crippen molar-refractivity contribution in [2.24, 2.45) is 0 Å². The highest BCUT2D eigenvalue weighted by Gasteiger charge is 2.21. The van der Waals surface area contributed by atoms with Crippen molar-refractivity contribution in [3.05, 3.63) is 81.9 Å². The quantitative estimate of drug-likeness (QED) is 0.518. The smallest absolute Gasteiger partial charge is 0.338 e. The van der Waals surface area contributed by atoms with Crippen molar-refractivity contribution in [1.29, 1.82) is 0 Å². The number of carbonyl (C=O) groups is 2. The summed E-state index contributed by atoms with van der Waals surface area (Å²) in [7, 11) is 0. The molecule has 1 fully saturated rings. The molecule has 28 heavy (non-hydrogen) atoms. The van der Waals surface area contributed by atoms with E-state index in [4.69, 9.17) is 4.74 Å². The molecule has 0 amide bonds. The summed E-state index contributed by atoms with van der Waals surface area (Å²) in [6, 6.07) is 15.5. The minimum Gasteiger partial charge on any atom is -0.462 e. The molecule has 0 aliphatic carbocycles. The molecule has 3 rings (SSSR count). The molecule has 0 aromatic heterocycles. The fourth-order valence-corrected chi connectivity index (χ4v) is 3.98. The molecule has 0 atom stereocenters. The van der Waals surface area contributed by atoms with Gasteiger partial charge in [0.05, 0.1) is 12.2 Å². The van der Waals surface area contributed by atoms with Crippen LogP contribution in [0.5, 0.6) is 0 Å². The van der Waals surface area contributed by atoms with Crippen LogP contribution in [-0.4, -0.2) is 29.9 Å². The maximum absolute atomic E-state index is 12.9. The molecule has 1 heterocycles. The van der Waals surface area contributed by atoms with Crippen LogP contribution in [0.3, 0.4) is 0 Å². The van der Waals surface area contributed by atoms with E-state index in [9.17, 15) is 9.59 Å². The number of ether oxygens (including phenoxy) is 1. The molecule has 3 nitrogen and oxygen atoms in total. The summed E-state index contributed by atoms with van der Waals surface area (Å²) in [5, 5.41) is 0. The van der Waals surface area contributed by atoms with E-state index in [0.717, 1.165) is 34.4 Å². The average molecular weight is 393 g/mol.